The number of alkyl halides is 2. The van der Waals surface area contributed by atoms with Gasteiger partial charge in [-0.1, -0.05) is 25.1 Å². The Hall–Kier alpha value is -2.50. The highest BCUT2D eigenvalue weighted by Crippen LogP contribution is 2.72. The van der Waals surface area contributed by atoms with Crippen LogP contribution in [0.4, 0.5) is 8.78 Å². The van der Waals surface area contributed by atoms with E-state index in [4.69, 9.17) is 14.7 Å². The molecule has 222 valence electrons. The zero-order valence-electron chi connectivity index (χ0n) is 23.3. The van der Waals surface area contributed by atoms with Crippen molar-refractivity contribution in [2.24, 2.45) is 28.6 Å². The lowest BCUT2D eigenvalue weighted by molar-refractivity contribution is -0.269. The van der Waals surface area contributed by atoms with Crippen LogP contribution in [0.15, 0.2) is 48.1 Å². The van der Waals surface area contributed by atoms with Crippen molar-refractivity contribution in [1.29, 1.82) is 0 Å². The molecule has 0 amide bonds. The predicted molar refractivity (Wildman–Crippen MR) is 143 cm³/mol. The summed E-state index contributed by atoms with van der Waals surface area (Å²) in [5.74, 6) is -2.14. The number of hydroxylamine groups is 2. The smallest absolute Gasteiger partial charge is 0.192 e. The Morgan fingerprint density at radius 1 is 1.17 bits per heavy atom. The molecule has 5 aliphatic rings. The van der Waals surface area contributed by atoms with E-state index in [1.807, 2.05) is 19.1 Å². The summed E-state index contributed by atoms with van der Waals surface area (Å²) in [4.78, 5) is 32.2. The summed E-state index contributed by atoms with van der Waals surface area (Å²) >= 11 is 0. The number of aliphatic hydroxyl groups is 3. The van der Waals surface area contributed by atoms with Gasteiger partial charge in [0.25, 0.3) is 0 Å². The molecule has 1 aromatic carbocycles. The number of rotatable bonds is 7. The van der Waals surface area contributed by atoms with E-state index in [2.05, 4.69) is 0 Å². The number of hydrogen-bond donors (Lipinski definition) is 3. The molecule has 10 heteroatoms. The molecule has 4 aliphatic carbocycles. The first-order valence-electron chi connectivity index (χ1n) is 14.3. The summed E-state index contributed by atoms with van der Waals surface area (Å²) in [5, 5.41) is 32.3. The molecule has 9 atom stereocenters. The number of aliphatic hydroxyl groups excluding tert-OH is 3. The van der Waals surface area contributed by atoms with E-state index in [0.717, 1.165) is 11.6 Å². The van der Waals surface area contributed by atoms with Crippen molar-refractivity contribution in [1.82, 2.24) is 5.06 Å². The molecule has 0 radical (unpaired) electrons. The number of carbonyl (C=O) groups excluding carboxylic acids is 2. The van der Waals surface area contributed by atoms with Crippen LogP contribution in [-0.2, 0) is 21.0 Å². The summed E-state index contributed by atoms with van der Waals surface area (Å²) in [7, 11) is 0. The summed E-state index contributed by atoms with van der Waals surface area (Å²) in [5.41, 5.74) is -5.37. The second kappa shape index (κ2) is 9.77. The molecule has 0 spiro atoms. The molecule has 6 rings (SSSR count). The van der Waals surface area contributed by atoms with Gasteiger partial charge in [0.1, 0.15) is 25.1 Å². The Balaban J connectivity index is 1.32. The molecule has 0 bridgehead atoms. The van der Waals surface area contributed by atoms with Gasteiger partial charge in [0.2, 0.25) is 0 Å². The molecule has 1 aromatic rings. The Morgan fingerprint density at radius 3 is 2.59 bits per heavy atom. The SMILES string of the molecule is C[C@]12C=CC(=O)C=C1[C@@H](F)C[C@H]1[C@@H]3C[C@H]4CN(Cc5ccc(OCCO)cc5)O[C@@]4(C(=O)CO)[C@@]3(C)C[C@H](O)[C@@]12F. The van der Waals surface area contributed by atoms with Gasteiger partial charge >= 0.3 is 0 Å². The van der Waals surface area contributed by atoms with E-state index in [9.17, 15) is 19.8 Å². The Bertz CT molecular complexity index is 1300. The topological polar surface area (TPSA) is 117 Å². The lowest BCUT2D eigenvalue weighted by Gasteiger charge is -2.63. The number of carbonyl (C=O) groups is 2. The van der Waals surface area contributed by atoms with Crippen LogP contribution in [0.2, 0.25) is 0 Å². The van der Waals surface area contributed by atoms with Crippen LogP contribution >= 0.6 is 0 Å². The van der Waals surface area contributed by atoms with Gasteiger partial charge in [0.15, 0.2) is 22.8 Å². The summed E-state index contributed by atoms with van der Waals surface area (Å²) < 4.78 is 38.6. The van der Waals surface area contributed by atoms with Crippen molar-refractivity contribution in [3.05, 3.63) is 53.6 Å². The average Bonchev–Trinajstić information content (AvgIpc) is 3.42. The molecule has 0 unspecified atom stereocenters. The van der Waals surface area contributed by atoms with Crippen molar-refractivity contribution in [3.8, 4) is 5.75 Å². The third-order valence-electron chi connectivity index (χ3n) is 10.9. The van der Waals surface area contributed by atoms with Gasteiger partial charge in [-0.15, -0.1) is 0 Å². The number of fused-ring (bicyclic) bond motifs is 7. The molecule has 4 fully saturated rings. The maximum Gasteiger partial charge on any atom is 0.192 e. The van der Waals surface area contributed by atoms with E-state index >= 15 is 8.78 Å². The van der Waals surface area contributed by atoms with Crippen molar-refractivity contribution in [2.75, 3.05) is 26.4 Å². The number of benzene rings is 1. The molecular formula is C31H37F2NO7. The number of hydrogen-bond acceptors (Lipinski definition) is 8. The minimum Gasteiger partial charge on any atom is -0.491 e. The minimum absolute atomic E-state index is 0.0564. The largest absolute Gasteiger partial charge is 0.491 e. The molecular weight excluding hydrogens is 536 g/mol. The van der Waals surface area contributed by atoms with Gasteiger partial charge < -0.3 is 20.1 Å². The monoisotopic (exact) mass is 573 g/mol. The van der Waals surface area contributed by atoms with Crippen LogP contribution in [0.5, 0.6) is 5.75 Å². The Kier molecular flexibility index (Phi) is 6.82. The van der Waals surface area contributed by atoms with E-state index in [-0.39, 0.29) is 31.6 Å². The fourth-order valence-electron chi connectivity index (χ4n) is 9.09. The quantitative estimate of drug-likeness (QED) is 0.456. The molecule has 1 heterocycles. The maximum atomic E-state index is 17.5. The van der Waals surface area contributed by atoms with Gasteiger partial charge in [0.05, 0.1) is 12.7 Å². The van der Waals surface area contributed by atoms with Gasteiger partial charge in [-0.25, -0.2) is 8.78 Å². The molecule has 3 N–H and O–H groups in total. The standard InChI is InChI=1S/C31H37F2NO7/c1-28-8-7-20(37)12-24(28)25(32)13-23-22-11-19-16-34(15-18-3-5-21(6-4-18)40-10-9-35)41-31(19,27(39)17-36)29(22,2)14-26(38)30(23,28)33/h3-8,12,19,22-23,25-26,35-36,38H,9-11,13-17H2,1-2H3/t19-,22-,23-,25-,26-,28-,29-,30-,31-/m0/s1. The van der Waals surface area contributed by atoms with Crippen molar-refractivity contribution >= 4 is 11.6 Å². The number of ether oxygens (including phenoxy) is 1. The molecule has 3 saturated carbocycles. The summed E-state index contributed by atoms with van der Waals surface area (Å²) in [6.45, 7) is 3.37. The number of allylic oxidation sites excluding steroid dienone is 4. The predicted octanol–water partition coefficient (Wildman–Crippen LogP) is 2.65. The van der Waals surface area contributed by atoms with Crippen molar-refractivity contribution in [3.63, 3.8) is 0 Å². The van der Waals surface area contributed by atoms with Crippen molar-refractivity contribution in [2.45, 2.75) is 63.2 Å². The zero-order chi connectivity index (χ0) is 29.4. The number of Topliss-reactive ketones (excluding diaryl/α,β-unsaturated/α-hetero) is 1. The van der Waals surface area contributed by atoms with Gasteiger partial charge in [-0.2, -0.15) is 5.06 Å². The second-order valence-corrected chi connectivity index (χ2v) is 12.7. The first-order chi connectivity index (χ1) is 19.4. The van der Waals surface area contributed by atoms with Gasteiger partial charge in [0, 0.05) is 35.8 Å². The highest BCUT2D eigenvalue weighted by molar-refractivity contribution is 6.01. The first kappa shape index (κ1) is 28.6. The van der Waals surface area contributed by atoms with Crippen LogP contribution in [0.1, 0.15) is 38.7 Å². The molecule has 8 nitrogen and oxygen atoms in total. The van der Waals surface area contributed by atoms with Crippen LogP contribution in [0.25, 0.3) is 0 Å². The molecule has 0 aromatic heterocycles. The lowest BCUT2D eigenvalue weighted by atomic mass is 9.44. The van der Waals surface area contributed by atoms with Crippen LogP contribution in [-0.4, -0.2) is 81.9 Å². The van der Waals surface area contributed by atoms with Gasteiger partial charge in [-0.3, -0.25) is 14.4 Å². The van der Waals surface area contributed by atoms with Crippen molar-refractivity contribution < 1.29 is 43.3 Å². The highest BCUT2D eigenvalue weighted by Gasteiger charge is 2.79. The fraction of sp³-hybridized carbons (Fsp3) is 0.613. The molecule has 1 aliphatic heterocycles. The van der Waals surface area contributed by atoms with E-state index in [1.54, 1.807) is 24.1 Å². The Labute approximate surface area is 237 Å². The van der Waals surface area contributed by atoms with E-state index in [0.29, 0.717) is 25.3 Å². The zero-order valence-corrected chi connectivity index (χ0v) is 23.3. The minimum atomic E-state index is -2.25. The maximum absolute atomic E-state index is 17.5. The number of nitrogens with zero attached hydrogens (tertiary/aromatic N) is 1. The summed E-state index contributed by atoms with van der Waals surface area (Å²) in [6.07, 6.45) is 0.739. The van der Waals surface area contributed by atoms with Crippen LogP contribution < -0.4 is 4.74 Å². The Morgan fingerprint density at radius 2 is 1.90 bits per heavy atom. The van der Waals surface area contributed by atoms with Crippen LogP contribution in [0, 0.1) is 28.6 Å². The second-order valence-electron chi connectivity index (χ2n) is 12.7. The van der Waals surface area contributed by atoms with Crippen LogP contribution in [0.3, 0.4) is 0 Å². The van der Waals surface area contributed by atoms with Gasteiger partial charge in [-0.05, 0) is 67.5 Å². The highest BCUT2D eigenvalue weighted by atomic mass is 19.1. The third kappa shape index (κ3) is 3.80. The average molecular weight is 574 g/mol. The normalized spacial score (nSPS) is 43.1. The number of halogens is 2. The summed E-state index contributed by atoms with van der Waals surface area (Å²) in [6, 6.07) is 7.27. The molecule has 1 saturated heterocycles. The van der Waals surface area contributed by atoms with E-state index < -0.39 is 70.3 Å². The third-order valence-corrected chi connectivity index (χ3v) is 10.9. The number of ketones is 2. The first-order valence-corrected chi connectivity index (χ1v) is 14.3. The molecule has 41 heavy (non-hydrogen) atoms. The van der Waals surface area contributed by atoms with E-state index in [1.165, 1.54) is 12.2 Å². The fourth-order valence-corrected chi connectivity index (χ4v) is 9.09. The lowest BCUT2D eigenvalue weighted by Crippen LogP contribution is -2.70.